The number of halogens is 2. The molecule has 2 rings (SSSR count). The van der Waals surface area contributed by atoms with E-state index in [0.29, 0.717) is 5.02 Å². The van der Waals surface area contributed by atoms with Crippen molar-refractivity contribution >= 4 is 22.9 Å². The van der Waals surface area contributed by atoms with E-state index in [4.69, 9.17) is 11.6 Å². The van der Waals surface area contributed by atoms with E-state index in [0.717, 1.165) is 16.3 Å². The number of benzene rings is 1. The lowest BCUT2D eigenvalue weighted by molar-refractivity contribution is 0.565. The number of nitrogens with zero attached hydrogens (tertiary/aromatic N) is 1. The monoisotopic (exact) mass is 312 g/mol. The fourth-order valence-corrected chi connectivity index (χ4v) is 3.35. The van der Waals surface area contributed by atoms with Crippen LogP contribution >= 0.6 is 22.9 Å². The summed E-state index contributed by atoms with van der Waals surface area (Å²) in [5, 5.41) is 6.54. The first kappa shape index (κ1) is 15.4. The SMILES string of the molecule is CNC(c1cc(F)cc(Cl)c1)c1nc(C(C)(C)C)cs1. The van der Waals surface area contributed by atoms with Crippen molar-refractivity contribution in [2.75, 3.05) is 7.05 Å². The van der Waals surface area contributed by atoms with Crippen LogP contribution in [0.4, 0.5) is 4.39 Å². The van der Waals surface area contributed by atoms with E-state index in [1.54, 1.807) is 17.4 Å². The van der Waals surface area contributed by atoms with Gasteiger partial charge >= 0.3 is 0 Å². The molecule has 1 atom stereocenters. The highest BCUT2D eigenvalue weighted by Gasteiger charge is 2.22. The molecular weight excluding hydrogens is 295 g/mol. The van der Waals surface area contributed by atoms with Crippen molar-refractivity contribution in [2.45, 2.75) is 32.2 Å². The molecule has 1 heterocycles. The number of thiazole rings is 1. The quantitative estimate of drug-likeness (QED) is 0.900. The molecule has 0 bridgehead atoms. The topological polar surface area (TPSA) is 24.9 Å². The van der Waals surface area contributed by atoms with Gasteiger partial charge in [-0.05, 0) is 30.8 Å². The zero-order valence-corrected chi connectivity index (χ0v) is 13.6. The average molecular weight is 313 g/mol. The van der Waals surface area contributed by atoms with E-state index in [-0.39, 0.29) is 17.3 Å². The summed E-state index contributed by atoms with van der Waals surface area (Å²) in [6, 6.07) is 4.42. The minimum Gasteiger partial charge on any atom is -0.307 e. The first-order chi connectivity index (χ1) is 9.31. The molecule has 0 saturated carbocycles. The summed E-state index contributed by atoms with van der Waals surface area (Å²) in [6.45, 7) is 6.37. The molecule has 5 heteroatoms. The lowest BCUT2D eigenvalue weighted by Crippen LogP contribution is -2.19. The summed E-state index contributed by atoms with van der Waals surface area (Å²) < 4.78 is 13.5. The van der Waals surface area contributed by atoms with Gasteiger partial charge in [0.25, 0.3) is 0 Å². The molecule has 2 aromatic rings. The second-order valence-electron chi connectivity index (χ2n) is 5.75. The molecule has 1 aromatic carbocycles. The summed E-state index contributed by atoms with van der Waals surface area (Å²) in [5.74, 6) is -0.333. The third kappa shape index (κ3) is 3.37. The summed E-state index contributed by atoms with van der Waals surface area (Å²) in [7, 11) is 1.83. The molecule has 0 aliphatic heterocycles. The Morgan fingerprint density at radius 3 is 2.50 bits per heavy atom. The Labute approximate surface area is 128 Å². The average Bonchev–Trinajstić information content (AvgIpc) is 2.77. The minimum absolute atomic E-state index is 0.00657. The fourth-order valence-electron chi connectivity index (χ4n) is 1.94. The van der Waals surface area contributed by atoms with E-state index in [9.17, 15) is 4.39 Å². The summed E-state index contributed by atoms with van der Waals surface area (Å²) in [4.78, 5) is 4.68. The molecule has 1 N–H and O–H groups in total. The van der Waals surface area contributed by atoms with Gasteiger partial charge < -0.3 is 5.32 Å². The van der Waals surface area contributed by atoms with Crippen molar-refractivity contribution in [3.63, 3.8) is 0 Å². The highest BCUT2D eigenvalue weighted by atomic mass is 35.5. The third-order valence-corrected chi connectivity index (χ3v) is 4.17. The number of hydrogen-bond acceptors (Lipinski definition) is 3. The van der Waals surface area contributed by atoms with Gasteiger partial charge in [0.15, 0.2) is 0 Å². The Morgan fingerprint density at radius 1 is 1.30 bits per heavy atom. The van der Waals surface area contributed by atoms with Crippen molar-refractivity contribution in [1.82, 2.24) is 10.3 Å². The number of aromatic nitrogens is 1. The Morgan fingerprint density at radius 2 is 2.00 bits per heavy atom. The highest BCUT2D eigenvalue weighted by molar-refractivity contribution is 7.09. The molecule has 0 amide bonds. The second kappa shape index (κ2) is 5.80. The standard InChI is InChI=1S/C15H18ClFN2S/c1-15(2,3)12-8-20-14(19-12)13(18-4)9-5-10(16)7-11(17)6-9/h5-8,13,18H,1-4H3. The summed E-state index contributed by atoms with van der Waals surface area (Å²) in [6.07, 6.45) is 0. The fraction of sp³-hybridized carbons (Fsp3) is 0.400. The van der Waals surface area contributed by atoms with E-state index in [1.165, 1.54) is 12.1 Å². The molecule has 2 nitrogen and oxygen atoms in total. The van der Waals surface area contributed by atoms with Crippen molar-refractivity contribution in [1.29, 1.82) is 0 Å². The smallest absolute Gasteiger partial charge is 0.125 e. The predicted molar refractivity (Wildman–Crippen MR) is 83.1 cm³/mol. The van der Waals surface area contributed by atoms with Crippen LogP contribution in [0, 0.1) is 5.82 Å². The van der Waals surface area contributed by atoms with Crippen LogP contribution in [0.25, 0.3) is 0 Å². The maximum absolute atomic E-state index is 13.5. The van der Waals surface area contributed by atoms with Crippen LogP contribution in [-0.4, -0.2) is 12.0 Å². The largest absolute Gasteiger partial charge is 0.307 e. The van der Waals surface area contributed by atoms with E-state index in [1.807, 2.05) is 7.05 Å². The molecular formula is C15H18ClFN2S. The molecule has 1 unspecified atom stereocenters. The van der Waals surface area contributed by atoms with Gasteiger partial charge in [0.05, 0.1) is 11.7 Å². The first-order valence-electron chi connectivity index (χ1n) is 6.40. The van der Waals surface area contributed by atoms with Crippen LogP contribution in [0.1, 0.15) is 43.1 Å². The number of nitrogens with one attached hydrogen (secondary N) is 1. The lowest BCUT2D eigenvalue weighted by Gasteiger charge is -2.16. The van der Waals surface area contributed by atoms with Crippen LogP contribution < -0.4 is 5.32 Å². The molecule has 0 fully saturated rings. The molecule has 20 heavy (non-hydrogen) atoms. The van der Waals surface area contributed by atoms with Gasteiger partial charge in [0.1, 0.15) is 10.8 Å². The van der Waals surface area contributed by atoms with Crippen LogP contribution in [0.3, 0.4) is 0 Å². The first-order valence-corrected chi connectivity index (χ1v) is 7.66. The second-order valence-corrected chi connectivity index (χ2v) is 7.07. The maximum atomic E-state index is 13.5. The Kier molecular flexibility index (Phi) is 4.47. The third-order valence-electron chi connectivity index (χ3n) is 3.04. The Hall–Kier alpha value is -0.970. The van der Waals surface area contributed by atoms with E-state index < -0.39 is 0 Å². The van der Waals surface area contributed by atoms with Gasteiger partial charge in [0, 0.05) is 15.8 Å². The van der Waals surface area contributed by atoms with Crippen molar-refractivity contribution < 1.29 is 4.39 Å². The van der Waals surface area contributed by atoms with Crippen LogP contribution in [-0.2, 0) is 5.41 Å². The molecule has 0 aliphatic carbocycles. The predicted octanol–water partition coefficient (Wildman–Crippen LogP) is 4.54. The zero-order valence-electron chi connectivity index (χ0n) is 12.0. The highest BCUT2D eigenvalue weighted by Crippen LogP contribution is 2.31. The summed E-state index contributed by atoms with van der Waals surface area (Å²) in [5.41, 5.74) is 1.83. The van der Waals surface area contributed by atoms with Crippen LogP contribution in [0.5, 0.6) is 0 Å². The molecule has 1 aromatic heterocycles. The molecule has 0 saturated heterocycles. The maximum Gasteiger partial charge on any atom is 0.125 e. The van der Waals surface area contributed by atoms with Crippen molar-refractivity contribution in [3.8, 4) is 0 Å². The normalized spacial score (nSPS) is 13.5. The van der Waals surface area contributed by atoms with Gasteiger partial charge in [-0.2, -0.15) is 0 Å². The summed E-state index contributed by atoms with van der Waals surface area (Å²) >= 11 is 7.51. The van der Waals surface area contributed by atoms with Crippen LogP contribution in [0.2, 0.25) is 5.02 Å². The molecule has 0 aliphatic rings. The number of rotatable bonds is 3. The van der Waals surface area contributed by atoms with E-state index in [2.05, 4.69) is 36.5 Å². The number of hydrogen-bond donors (Lipinski definition) is 1. The van der Waals surface area contributed by atoms with Gasteiger partial charge in [-0.3, -0.25) is 0 Å². The lowest BCUT2D eigenvalue weighted by atomic mass is 9.93. The molecule has 0 radical (unpaired) electrons. The van der Waals surface area contributed by atoms with Crippen molar-refractivity contribution in [3.05, 3.63) is 50.7 Å². The molecule has 0 spiro atoms. The van der Waals surface area contributed by atoms with E-state index >= 15 is 0 Å². The Balaban J connectivity index is 2.39. The van der Waals surface area contributed by atoms with Crippen LogP contribution in [0.15, 0.2) is 23.6 Å². The Bertz CT molecular complexity index is 584. The van der Waals surface area contributed by atoms with Gasteiger partial charge in [0.2, 0.25) is 0 Å². The van der Waals surface area contributed by atoms with Gasteiger partial charge in [-0.25, -0.2) is 9.37 Å². The van der Waals surface area contributed by atoms with Gasteiger partial charge in [-0.1, -0.05) is 32.4 Å². The molecule has 108 valence electrons. The zero-order chi connectivity index (χ0) is 14.9. The van der Waals surface area contributed by atoms with Gasteiger partial charge in [-0.15, -0.1) is 11.3 Å². The van der Waals surface area contributed by atoms with Crippen molar-refractivity contribution in [2.24, 2.45) is 0 Å². The minimum atomic E-state index is -0.333.